The van der Waals surface area contributed by atoms with Crippen LogP contribution < -0.4 is 5.32 Å². The van der Waals surface area contributed by atoms with Gasteiger partial charge in [0.15, 0.2) is 11.6 Å². The Bertz CT molecular complexity index is 1040. The molecule has 0 saturated carbocycles. The highest BCUT2D eigenvalue weighted by molar-refractivity contribution is 7.17. The van der Waals surface area contributed by atoms with E-state index >= 15 is 0 Å². The first-order valence-corrected chi connectivity index (χ1v) is 10.7. The van der Waals surface area contributed by atoms with Crippen LogP contribution in [0.4, 0.5) is 5.00 Å². The van der Waals surface area contributed by atoms with Crippen LogP contribution in [0.1, 0.15) is 57.8 Å². The standard InChI is InChI=1S/C22H23N3O3S/c1-13-8-9-16-17(12-13)29-22(20(16)21(27)15-6-4-3-5-7-15)24-18(26)10-11-19-23-14(2)25-28-19/h3-7,13H,8-12H2,1-2H3,(H,24,26). The molecule has 1 aliphatic carbocycles. The average molecular weight is 410 g/mol. The highest BCUT2D eigenvalue weighted by Gasteiger charge is 2.28. The van der Waals surface area contributed by atoms with Crippen molar-refractivity contribution in [3.8, 4) is 0 Å². The second-order valence-corrected chi connectivity index (χ2v) is 8.64. The van der Waals surface area contributed by atoms with Crippen molar-refractivity contribution in [2.75, 3.05) is 5.32 Å². The summed E-state index contributed by atoms with van der Waals surface area (Å²) < 4.78 is 5.07. The van der Waals surface area contributed by atoms with Crippen LogP contribution in [0.3, 0.4) is 0 Å². The molecule has 29 heavy (non-hydrogen) atoms. The molecule has 0 spiro atoms. The molecule has 1 aliphatic rings. The molecule has 0 fully saturated rings. The van der Waals surface area contributed by atoms with E-state index < -0.39 is 0 Å². The SMILES string of the molecule is Cc1noc(CCC(=O)Nc2sc3c(c2C(=O)c2ccccc2)CCC(C)C3)n1. The number of hydrogen-bond acceptors (Lipinski definition) is 6. The van der Waals surface area contributed by atoms with E-state index in [9.17, 15) is 9.59 Å². The molecule has 1 aromatic carbocycles. The fraction of sp³-hybridized carbons (Fsp3) is 0.364. The van der Waals surface area contributed by atoms with Crippen LogP contribution in [0.2, 0.25) is 0 Å². The van der Waals surface area contributed by atoms with Crippen LogP contribution in [0.25, 0.3) is 0 Å². The number of thiophene rings is 1. The number of rotatable bonds is 6. The van der Waals surface area contributed by atoms with Crippen molar-refractivity contribution in [3.05, 3.63) is 63.6 Å². The largest absolute Gasteiger partial charge is 0.339 e. The molecule has 0 bridgehead atoms. The molecule has 150 valence electrons. The van der Waals surface area contributed by atoms with Gasteiger partial charge in [0.2, 0.25) is 11.8 Å². The van der Waals surface area contributed by atoms with Gasteiger partial charge in [-0.15, -0.1) is 11.3 Å². The lowest BCUT2D eigenvalue weighted by molar-refractivity contribution is -0.116. The Morgan fingerprint density at radius 1 is 1.28 bits per heavy atom. The molecule has 0 radical (unpaired) electrons. The number of anilines is 1. The smallest absolute Gasteiger partial charge is 0.227 e. The Hall–Kier alpha value is -2.80. The second-order valence-electron chi connectivity index (χ2n) is 7.53. The predicted molar refractivity (Wildman–Crippen MR) is 111 cm³/mol. The zero-order valence-electron chi connectivity index (χ0n) is 16.5. The van der Waals surface area contributed by atoms with Gasteiger partial charge in [0, 0.05) is 23.3 Å². The molecule has 4 rings (SSSR count). The summed E-state index contributed by atoms with van der Waals surface area (Å²) in [5.41, 5.74) is 2.40. The number of carbonyl (C=O) groups excluding carboxylic acids is 2. The number of nitrogens with zero attached hydrogens (tertiary/aromatic N) is 2. The maximum absolute atomic E-state index is 13.3. The number of amides is 1. The molecule has 6 nitrogen and oxygen atoms in total. The lowest BCUT2D eigenvalue weighted by Crippen LogP contribution is -2.16. The van der Waals surface area contributed by atoms with Crippen LogP contribution in [0.5, 0.6) is 0 Å². The number of aryl methyl sites for hydroxylation is 2. The van der Waals surface area contributed by atoms with Gasteiger partial charge in [-0.2, -0.15) is 4.98 Å². The number of nitrogens with one attached hydrogen (secondary N) is 1. The molecule has 2 aromatic heterocycles. The fourth-order valence-electron chi connectivity index (χ4n) is 3.66. The Labute approximate surface area is 173 Å². The van der Waals surface area contributed by atoms with Crippen molar-refractivity contribution in [1.82, 2.24) is 10.1 Å². The van der Waals surface area contributed by atoms with E-state index in [2.05, 4.69) is 22.4 Å². The quantitative estimate of drug-likeness (QED) is 0.611. The average Bonchev–Trinajstić information content (AvgIpc) is 3.29. The molecular weight excluding hydrogens is 386 g/mol. The molecule has 0 aliphatic heterocycles. The second kappa shape index (κ2) is 8.29. The zero-order chi connectivity index (χ0) is 20.4. The number of hydrogen-bond donors (Lipinski definition) is 1. The van der Waals surface area contributed by atoms with Crippen LogP contribution in [-0.4, -0.2) is 21.8 Å². The van der Waals surface area contributed by atoms with Gasteiger partial charge in [-0.25, -0.2) is 0 Å². The van der Waals surface area contributed by atoms with Gasteiger partial charge in [0.1, 0.15) is 5.00 Å². The first-order chi connectivity index (χ1) is 14.0. The van der Waals surface area contributed by atoms with E-state index in [1.165, 1.54) is 16.2 Å². The number of ketones is 1. The first-order valence-electron chi connectivity index (χ1n) is 9.84. The van der Waals surface area contributed by atoms with Crippen molar-refractivity contribution in [2.45, 2.75) is 46.0 Å². The van der Waals surface area contributed by atoms with E-state index in [1.54, 1.807) is 6.92 Å². The molecule has 0 saturated heterocycles. The molecule has 1 unspecified atom stereocenters. The van der Waals surface area contributed by atoms with E-state index in [4.69, 9.17) is 4.52 Å². The van der Waals surface area contributed by atoms with Crippen LogP contribution in [-0.2, 0) is 24.1 Å². The Kier molecular flexibility index (Phi) is 5.58. The van der Waals surface area contributed by atoms with Crippen LogP contribution >= 0.6 is 11.3 Å². The number of benzene rings is 1. The van der Waals surface area contributed by atoms with Gasteiger partial charge in [0.05, 0.1) is 5.56 Å². The summed E-state index contributed by atoms with van der Waals surface area (Å²) in [5.74, 6) is 1.40. The Morgan fingerprint density at radius 2 is 2.07 bits per heavy atom. The Morgan fingerprint density at radius 3 is 2.79 bits per heavy atom. The lowest BCUT2D eigenvalue weighted by atomic mass is 9.86. The molecular formula is C22H23N3O3S. The summed E-state index contributed by atoms with van der Waals surface area (Å²) in [6.45, 7) is 3.97. The maximum Gasteiger partial charge on any atom is 0.227 e. The maximum atomic E-state index is 13.3. The third-order valence-corrected chi connectivity index (χ3v) is 6.33. The van der Waals surface area contributed by atoms with Crippen LogP contribution in [0, 0.1) is 12.8 Å². The number of fused-ring (bicyclic) bond motifs is 1. The van der Waals surface area contributed by atoms with E-state index in [-0.39, 0.29) is 18.1 Å². The minimum atomic E-state index is -0.158. The third kappa shape index (κ3) is 4.29. The summed E-state index contributed by atoms with van der Waals surface area (Å²) in [6.07, 6.45) is 3.48. The Balaban J connectivity index is 1.58. The minimum absolute atomic E-state index is 0.0273. The van der Waals surface area contributed by atoms with E-state index in [0.29, 0.717) is 40.2 Å². The molecule has 1 amide bonds. The highest BCUT2D eigenvalue weighted by Crippen LogP contribution is 2.40. The monoisotopic (exact) mass is 409 g/mol. The van der Waals surface area contributed by atoms with Crippen molar-refractivity contribution in [2.24, 2.45) is 5.92 Å². The van der Waals surface area contributed by atoms with Crippen molar-refractivity contribution in [1.29, 1.82) is 0 Å². The van der Waals surface area contributed by atoms with Gasteiger partial charge in [0.25, 0.3) is 0 Å². The molecule has 7 heteroatoms. The van der Waals surface area contributed by atoms with Crippen molar-refractivity contribution in [3.63, 3.8) is 0 Å². The molecule has 1 N–H and O–H groups in total. The summed E-state index contributed by atoms with van der Waals surface area (Å²) >= 11 is 1.54. The summed E-state index contributed by atoms with van der Waals surface area (Å²) in [5, 5.41) is 7.38. The normalized spacial score (nSPS) is 15.7. The molecule has 2 heterocycles. The first kappa shape index (κ1) is 19.5. The van der Waals surface area contributed by atoms with Crippen molar-refractivity contribution < 1.29 is 14.1 Å². The molecule has 1 atom stereocenters. The fourth-order valence-corrected chi connectivity index (χ4v) is 5.09. The lowest BCUT2D eigenvalue weighted by Gasteiger charge is -2.18. The number of aromatic nitrogens is 2. The van der Waals surface area contributed by atoms with Crippen molar-refractivity contribution >= 4 is 28.0 Å². The summed E-state index contributed by atoms with van der Waals surface area (Å²) in [7, 11) is 0. The van der Waals surface area contributed by atoms with Gasteiger partial charge in [-0.3, -0.25) is 9.59 Å². The third-order valence-electron chi connectivity index (χ3n) is 5.16. The summed E-state index contributed by atoms with van der Waals surface area (Å²) in [6, 6.07) is 9.25. The van der Waals surface area contributed by atoms with Gasteiger partial charge < -0.3 is 9.84 Å². The zero-order valence-corrected chi connectivity index (χ0v) is 17.3. The topological polar surface area (TPSA) is 85.1 Å². The number of carbonyl (C=O) groups is 2. The van der Waals surface area contributed by atoms with Gasteiger partial charge in [-0.05, 0) is 37.7 Å². The summed E-state index contributed by atoms with van der Waals surface area (Å²) in [4.78, 5) is 31.2. The highest BCUT2D eigenvalue weighted by atomic mass is 32.1. The minimum Gasteiger partial charge on any atom is -0.339 e. The van der Waals surface area contributed by atoms with Gasteiger partial charge >= 0.3 is 0 Å². The van der Waals surface area contributed by atoms with E-state index in [1.807, 2.05) is 30.3 Å². The molecule has 3 aromatic rings. The van der Waals surface area contributed by atoms with Gasteiger partial charge in [-0.1, -0.05) is 42.4 Å². The predicted octanol–water partition coefficient (Wildman–Crippen LogP) is 4.37. The van der Waals surface area contributed by atoms with Crippen LogP contribution in [0.15, 0.2) is 34.9 Å². The van der Waals surface area contributed by atoms with E-state index in [0.717, 1.165) is 24.8 Å².